The van der Waals surface area contributed by atoms with Crippen LogP contribution in [0.15, 0.2) is 42.5 Å². The maximum Gasteiger partial charge on any atom is 0.295 e. The number of hydrogen-bond donors (Lipinski definition) is 0. The largest absolute Gasteiger partial charge is 0.372 e. The molecule has 0 N–H and O–H groups in total. The van der Waals surface area contributed by atoms with Crippen LogP contribution < -0.4 is 4.90 Å². The lowest BCUT2D eigenvalue weighted by Gasteiger charge is -2.40. The van der Waals surface area contributed by atoms with Gasteiger partial charge in [-0.05, 0) is 19.4 Å². The van der Waals surface area contributed by atoms with Crippen LogP contribution in [0, 0.1) is 10.1 Å². The number of hydrogen-bond acceptors (Lipinski definition) is 5. The zero-order valence-corrected chi connectivity index (χ0v) is 13.9. The summed E-state index contributed by atoms with van der Waals surface area (Å²) in [5.41, 5.74) is 0.964. The SMILES string of the molecule is CCC1(C)CN(c2ccc([N+](=O)[O-])c(-c3ccccc3)n2)CCO1. The fourth-order valence-electron chi connectivity index (χ4n) is 2.91. The lowest BCUT2D eigenvalue weighted by Crippen LogP contribution is -2.50. The molecule has 1 atom stereocenters. The second-order valence-electron chi connectivity index (χ2n) is 6.23. The highest BCUT2D eigenvalue weighted by molar-refractivity contribution is 5.71. The Morgan fingerprint density at radius 1 is 1.29 bits per heavy atom. The van der Waals surface area contributed by atoms with Crippen LogP contribution in [-0.2, 0) is 4.74 Å². The van der Waals surface area contributed by atoms with Crippen LogP contribution in [0.1, 0.15) is 20.3 Å². The second-order valence-corrected chi connectivity index (χ2v) is 6.23. The van der Waals surface area contributed by atoms with Crippen molar-refractivity contribution in [1.29, 1.82) is 0 Å². The molecule has 24 heavy (non-hydrogen) atoms. The summed E-state index contributed by atoms with van der Waals surface area (Å²) in [6.07, 6.45) is 0.905. The van der Waals surface area contributed by atoms with E-state index in [-0.39, 0.29) is 16.2 Å². The molecule has 6 heteroatoms. The minimum absolute atomic E-state index is 0.0245. The first-order valence-electron chi connectivity index (χ1n) is 8.12. The summed E-state index contributed by atoms with van der Waals surface area (Å²) >= 11 is 0. The van der Waals surface area contributed by atoms with E-state index in [0.29, 0.717) is 12.3 Å². The van der Waals surface area contributed by atoms with E-state index in [1.165, 1.54) is 0 Å². The molecule has 1 aliphatic heterocycles. The monoisotopic (exact) mass is 327 g/mol. The summed E-state index contributed by atoms with van der Waals surface area (Å²) in [6.45, 7) is 6.27. The Hall–Kier alpha value is -2.47. The summed E-state index contributed by atoms with van der Waals surface area (Å²) in [6, 6.07) is 12.6. The normalized spacial score (nSPS) is 20.8. The van der Waals surface area contributed by atoms with E-state index >= 15 is 0 Å². The van der Waals surface area contributed by atoms with Gasteiger partial charge in [-0.25, -0.2) is 4.98 Å². The molecule has 1 aliphatic rings. The van der Waals surface area contributed by atoms with E-state index < -0.39 is 0 Å². The van der Waals surface area contributed by atoms with Crippen molar-refractivity contribution in [2.75, 3.05) is 24.6 Å². The molecule has 2 aromatic rings. The molecule has 6 nitrogen and oxygen atoms in total. The molecule has 3 rings (SSSR count). The number of pyridine rings is 1. The van der Waals surface area contributed by atoms with Gasteiger partial charge in [-0.2, -0.15) is 0 Å². The van der Waals surface area contributed by atoms with Crippen LogP contribution >= 0.6 is 0 Å². The summed E-state index contributed by atoms with van der Waals surface area (Å²) in [7, 11) is 0. The molecule has 0 saturated carbocycles. The zero-order valence-electron chi connectivity index (χ0n) is 13.9. The van der Waals surface area contributed by atoms with Gasteiger partial charge in [-0.1, -0.05) is 37.3 Å². The van der Waals surface area contributed by atoms with Crippen LogP contribution in [0.5, 0.6) is 0 Å². The molecule has 1 fully saturated rings. The Kier molecular flexibility index (Phi) is 4.49. The topological polar surface area (TPSA) is 68.5 Å². The third kappa shape index (κ3) is 3.23. The third-order valence-corrected chi connectivity index (χ3v) is 4.51. The molecule has 0 radical (unpaired) electrons. The Morgan fingerprint density at radius 2 is 2.04 bits per heavy atom. The van der Waals surface area contributed by atoms with Gasteiger partial charge in [-0.3, -0.25) is 10.1 Å². The number of rotatable bonds is 4. The smallest absolute Gasteiger partial charge is 0.295 e. The predicted octanol–water partition coefficient (Wildman–Crippen LogP) is 3.66. The zero-order chi connectivity index (χ0) is 17.2. The first kappa shape index (κ1) is 16.4. The maximum atomic E-state index is 11.4. The van der Waals surface area contributed by atoms with E-state index in [9.17, 15) is 10.1 Å². The third-order valence-electron chi connectivity index (χ3n) is 4.51. The van der Waals surface area contributed by atoms with Crippen molar-refractivity contribution in [2.24, 2.45) is 0 Å². The van der Waals surface area contributed by atoms with Crippen molar-refractivity contribution in [3.63, 3.8) is 0 Å². The molecule has 0 amide bonds. The molecule has 0 aliphatic carbocycles. The molecule has 126 valence electrons. The summed E-state index contributed by atoms with van der Waals surface area (Å²) in [5, 5.41) is 11.4. The van der Waals surface area contributed by atoms with Gasteiger partial charge in [0.05, 0.1) is 17.1 Å². The van der Waals surface area contributed by atoms with Crippen LogP contribution in [-0.4, -0.2) is 35.2 Å². The molecule has 1 aromatic carbocycles. The number of benzene rings is 1. The molecule has 1 aromatic heterocycles. The van der Waals surface area contributed by atoms with Crippen LogP contribution in [0.2, 0.25) is 0 Å². The summed E-state index contributed by atoms with van der Waals surface area (Å²) < 4.78 is 5.87. The Bertz CT molecular complexity index is 736. The maximum absolute atomic E-state index is 11.4. The fourth-order valence-corrected chi connectivity index (χ4v) is 2.91. The van der Waals surface area contributed by atoms with Crippen molar-refractivity contribution in [3.8, 4) is 11.3 Å². The van der Waals surface area contributed by atoms with Gasteiger partial charge in [0, 0.05) is 24.7 Å². The summed E-state index contributed by atoms with van der Waals surface area (Å²) in [5.74, 6) is 0.752. The van der Waals surface area contributed by atoms with Gasteiger partial charge < -0.3 is 9.64 Å². The fraction of sp³-hybridized carbons (Fsp3) is 0.389. The predicted molar refractivity (Wildman–Crippen MR) is 93.2 cm³/mol. The van der Waals surface area contributed by atoms with Crippen LogP contribution in [0.3, 0.4) is 0 Å². The van der Waals surface area contributed by atoms with Crippen molar-refractivity contribution >= 4 is 11.5 Å². The number of ether oxygens (including phenoxy) is 1. The molecule has 0 spiro atoms. The lowest BCUT2D eigenvalue weighted by atomic mass is 10.0. The molecule has 1 unspecified atom stereocenters. The Morgan fingerprint density at radius 3 is 2.71 bits per heavy atom. The molecule has 0 bridgehead atoms. The van der Waals surface area contributed by atoms with Crippen molar-refractivity contribution in [1.82, 2.24) is 4.98 Å². The highest BCUT2D eigenvalue weighted by atomic mass is 16.6. The average molecular weight is 327 g/mol. The molecular formula is C18H21N3O3. The summed E-state index contributed by atoms with van der Waals surface area (Å²) in [4.78, 5) is 17.7. The Labute approximate surface area is 141 Å². The number of aromatic nitrogens is 1. The number of morpholine rings is 1. The number of nitrogens with zero attached hydrogens (tertiary/aromatic N) is 3. The van der Waals surface area contributed by atoms with Gasteiger partial charge in [0.25, 0.3) is 5.69 Å². The molecular weight excluding hydrogens is 306 g/mol. The van der Waals surface area contributed by atoms with Gasteiger partial charge in [0.1, 0.15) is 5.82 Å². The van der Waals surface area contributed by atoms with E-state index in [1.54, 1.807) is 12.1 Å². The van der Waals surface area contributed by atoms with Crippen LogP contribution in [0.25, 0.3) is 11.3 Å². The first-order valence-corrected chi connectivity index (χ1v) is 8.12. The molecule has 2 heterocycles. The number of nitro groups is 1. The number of anilines is 1. The van der Waals surface area contributed by atoms with E-state index in [4.69, 9.17) is 4.74 Å². The lowest BCUT2D eigenvalue weighted by molar-refractivity contribution is -0.384. The first-order chi connectivity index (χ1) is 11.5. The van der Waals surface area contributed by atoms with Crippen molar-refractivity contribution in [2.45, 2.75) is 25.9 Å². The van der Waals surface area contributed by atoms with E-state index in [1.807, 2.05) is 30.3 Å². The van der Waals surface area contributed by atoms with Crippen LogP contribution in [0.4, 0.5) is 11.5 Å². The van der Waals surface area contributed by atoms with Crippen molar-refractivity contribution in [3.05, 3.63) is 52.6 Å². The van der Waals surface area contributed by atoms with E-state index in [0.717, 1.165) is 30.9 Å². The van der Waals surface area contributed by atoms with Crippen molar-refractivity contribution < 1.29 is 9.66 Å². The quantitative estimate of drug-likeness (QED) is 0.633. The van der Waals surface area contributed by atoms with E-state index in [2.05, 4.69) is 23.7 Å². The van der Waals surface area contributed by atoms with Gasteiger partial charge in [-0.15, -0.1) is 0 Å². The highest BCUT2D eigenvalue weighted by Gasteiger charge is 2.31. The second kappa shape index (κ2) is 6.57. The minimum atomic E-state index is -0.380. The Balaban J connectivity index is 2.00. The van der Waals surface area contributed by atoms with Gasteiger partial charge in [0.2, 0.25) is 0 Å². The molecule has 1 saturated heterocycles. The average Bonchev–Trinajstić information content (AvgIpc) is 2.62. The minimum Gasteiger partial charge on any atom is -0.372 e. The van der Waals surface area contributed by atoms with Gasteiger partial charge >= 0.3 is 0 Å². The van der Waals surface area contributed by atoms with Gasteiger partial charge in [0.15, 0.2) is 5.69 Å². The standard InChI is InChI=1S/C18H21N3O3/c1-3-18(2)13-20(11-12-24-18)16-10-9-15(21(22)23)17(19-16)14-7-5-4-6-8-14/h4-10H,3,11-13H2,1-2H3. The highest BCUT2D eigenvalue weighted by Crippen LogP contribution is 2.32.